The molecule has 1 atom stereocenters. The molecule has 0 radical (unpaired) electrons. The zero-order chi connectivity index (χ0) is 18.1. The fraction of sp³-hybridized carbons (Fsp3) is 0.316. The monoisotopic (exact) mass is 349 g/mol. The largest absolute Gasteiger partial charge is 0.416 e. The number of benzene rings is 2. The molecule has 132 valence electrons. The summed E-state index contributed by atoms with van der Waals surface area (Å²) in [6.45, 7) is 0.0567. The lowest BCUT2D eigenvalue weighted by Crippen LogP contribution is -2.46. The molecule has 0 bridgehead atoms. The summed E-state index contributed by atoms with van der Waals surface area (Å²) in [6.07, 6.45) is -2.74. The molecule has 1 amide bonds. The molecule has 2 aromatic carbocycles. The minimum atomic E-state index is -4.43. The van der Waals surface area contributed by atoms with Gasteiger partial charge >= 0.3 is 6.18 Å². The molecule has 0 spiro atoms. The van der Waals surface area contributed by atoms with Gasteiger partial charge in [0.1, 0.15) is 0 Å². The number of amides is 1. The maximum atomic E-state index is 12.5. The zero-order valence-electron chi connectivity index (χ0n) is 13.4. The highest BCUT2D eigenvalue weighted by Crippen LogP contribution is 2.30. The average molecular weight is 349 g/mol. The number of alkyl halides is 3. The lowest BCUT2D eigenvalue weighted by Gasteiger charge is -2.33. The number of rotatable bonds is 3. The molecule has 2 N–H and O–H groups in total. The van der Waals surface area contributed by atoms with Gasteiger partial charge in [0.25, 0.3) is 5.91 Å². The fourth-order valence-corrected chi connectivity index (χ4v) is 3.09. The van der Waals surface area contributed by atoms with Crippen molar-refractivity contribution in [1.82, 2.24) is 5.32 Å². The van der Waals surface area contributed by atoms with Gasteiger partial charge in [-0.2, -0.15) is 13.2 Å². The van der Waals surface area contributed by atoms with Crippen molar-refractivity contribution in [1.29, 1.82) is 0 Å². The van der Waals surface area contributed by atoms with E-state index in [4.69, 9.17) is 0 Å². The van der Waals surface area contributed by atoms with Crippen molar-refractivity contribution in [2.24, 2.45) is 0 Å². The molecule has 0 saturated heterocycles. The van der Waals surface area contributed by atoms with Crippen LogP contribution in [0, 0.1) is 0 Å². The predicted octanol–water partition coefficient (Wildman–Crippen LogP) is 3.36. The molecule has 0 fully saturated rings. The maximum absolute atomic E-state index is 12.5. The van der Waals surface area contributed by atoms with Gasteiger partial charge in [-0.1, -0.05) is 24.3 Å². The van der Waals surface area contributed by atoms with Crippen molar-refractivity contribution in [3.63, 3.8) is 0 Å². The Labute approximate surface area is 143 Å². The molecule has 1 aliphatic carbocycles. The SMILES string of the molecule is O=C(NCC1(O)CCc2ccccc2C1)c1ccc(C(F)(F)F)cc1. The molecule has 6 heteroatoms. The summed E-state index contributed by atoms with van der Waals surface area (Å²) >= 11 is 0. The van der Waals surface area contributed by atoms with Gasteiger partial charge in [0, 0.05) is 18.5 Å². The number of halogens is 3. The lowest BCUT2D eigenvalue weighted by molar-refractivity contribution is -0.137. The number of hydrogen-bond donors (Lipinski definition) is 2. The third kappa shape index (κ3) is 4.02. The van der Waals surface area contributed by atoms with Gasteiger partial charge in [0.05, 0.1) is 11.2 Å². The summed E-state index contributed by atoms with van der Waals surface area (Å²) in [7, 11) is 0. The number of carbonyl (C=O) groups excluding carboxylic acids is 1. The van der Waals surface area contributed by atoms with Gasteiger partial charge in [-0.25, -0.2) is 0 Å². The highest BCUT2D eigenvalue weighted by molar-refractivity contribution is 5.94. The van der Waals surface area contributed by atoms with Crippen molar-refractivity contribution >= 4 is 5.91 Å². The number of fused-ring (bicyclic) bond motifs is 1. The van der Waals surface area contributed by atoms with E-state index in [-0.39, 0.29) is 12.1 Å². The number of aliphatic hydroxyl groups is 1. The van der Waals surface area contributed by atoms with Crippen LogP contribution in [0.4, 0.5) is 13.2 Å². The first-order valence-corrected chi connectivity index (χ1v) is 8.01. The molecule has 3 nitrogen and oxygen atoms in total. The smallest absolute Gasteiger partial charge is 0.388 e. The van der Waals surface area contributed by atoms with E-state index in [2.05, 4.69) is 5.32 Å². The van der Waals surface area contributed by atoms with Crippen molar-refractivity contribution in [2.45, 2.75) is 31.0 Å². The molecule has 1 aliphatic rings. The van der Waals surface area contributed by atoms with Crippen LogP contribution in [-0.2, 0) is 19.0 Å². The second-order valence-electron chi connectivity index (χ2n) is 6.43. The molecule has 0 aliphatic heterocycles. The maximum Gasteiger partial charge on any atom is 0.416 e. The Balaban J connectivity index is 1.62. The fourth-order valence-electron chi connectivity index (χ4n) is 3.09. The summed E-state index contributed by atoms with van der Waals surface area (Å²) < 4.78 is 37.6. The Morgan fingerprint density at radius 3 is 2.36 bits per heavy atom. The second kappa shape index (κ2) is 6.52. The van der Waals surface area contributed by atoms with Crippen LogP contribution in [0.25, 0.3) is 0 Å². The second-order valence-corrected chi connectivity index (χ2v) is 6.43. The summed E-state index contributed by atoms with van der Waals surface area (Å²) in [6, 6.07) is 11.9. The molecular formula is C19H18F3NO2. The molecule has 2 aromatic rings. The Kier molecular flexibility index (Phi) is 4.56. The lowest BCUT2D eigenvalue weighted by atomic mass is 9.80. The van der Waals surface area contributed by atoms with Crippen LogP contribution in [0.2, 0.25) is 0 Å². The minimum absolute atomic E-state index is 0.0567. The van der Waals surface area contributed by atoms with E-state index in [1.165, 1.54) is 5.56 Å². The van der Waals surface area contributed by atoms with E-state index >= 15 is 0 Å². The zero-order valence-corrected chi connectivity index (χ0v) is 13.4. The van der Waals surface area contributed by atoms with Gasteiger partial charge in [-0.15, -0.1) is 0 Å². The van der Waals surface area contributed by atoms with Crippen molar-refractivity contribution in [3.8, 4) is 0 Å². The first kappa shape index (κ1) is 17.5. The third-order valence-corrected chi connectivity index (χ3v) is 4.55. The van der Waals surface area contributed by atoms with Crippen molar-refractivity contribution < 1.29 is 23.1 Å². The van der Waals surface area contributed by atoms with Gasteiger partial charge < -0.3 is 10.4 Å². The average Bonchev–Trinajstić information content (AvgIpc) is 2.59. The molecule has 0 saturated carbocycles. The first-order chi connectivity index (χ1) is 11.8. The number of carbonyl (C=O) groups is 1. The van der Waals surface area contributed by atoms with E-state index in [1.54, 1.807) is 0 Å². The summed E-state index contributed by atoms with van der Waals surface area (Å²) in [5.74, 6) is -0.499. The van der Waals surface area contributed by atoms with E-state index in [0.717, 1.165) is 36.2 Å². The molecule has 3 rings (SSSR count). The van der Waals surface area contributed by atoms with Gasteiger partial charge in [0.15, 0.2) is 0 Å². The summed E-state index contributed by atoms with van der Waals surface area (Å²) in [5, 5.41) is 13.3. The van der Waals surface area contributed by atoms with Crippen LogP contribution in [-0.4, -0.2) is 23.2 Å². The van der Waals surface area contributed by atoms with E-state index in [0.29, 0.717) is 12.8 Å². The highest BCUT2D eigenvalue weighted by atomic mass is 19.4. The Hall–Kier alpha value is -2.34. The van der Waals surface area contributed by atoms with Gasteiger partial charge in [0.2, 0.25) is 0 Å². The van der Waals surface area contributed by atoms with Crippen molar-refractivity contribution in [2.75, 3.05) is 6.54 Å². The number of nitrogens with one attached hydrogen (secondary N) is 1. The Morgan fingerprint density at radius 2 is 1.72 bits per heavy atom. The molecule has 1 unspecified atom stereocenters. The van der Waals surface area contributed by atoms with Gasteiger partial charge in [-0.3, -0.25) is 4.79 Å². The Morgan fingerprint density at radius 1 is 1.08 bits per heavy atom. The van der Waals surface area contributed by atoms with E-state index in [9.17, 15) is 23.1 Å². The minimum Gasteiger partial charge on any atom is -0.388 e. The number of aryl methyl sites for hydroxylation is 1. The van der Waals surface area contributed by atoms with Crippen LogP contribution in [0.3, 0.4) is 0 Å². The first-order valence-electron chi connectivity index (χ1n) is 8.01. The topological polar surface area (TPSA) is 49.3 Å². The predicted molar refractivity (Wildman–Crippen MR) is 87.2 cm³/mol. The summed E-state index contributed by atoms with van der Waals surface area (Å²) in [5.41, 5.74) is 0.538. The quantitative estimate of drug-likeness (QED) is 0.893. The normalized spacial score (nSPS) is 20.0. The van der Waals surface area contributed by atoms with E-state index in [1.807, 2.05) is 24.3 Å². The molecule has 25 heavy (non-hydrogen) atoms. The number of hydrogen-bond acceptors (Lipinski definition) is 2. The van der Waals surface area contributed by atoms with Crippen molar-refractivity contribution in [3.05, 3.63) is 70.8 Å². The van der Waals surface area contributed by atoms with Crippen LogP contribution in [0.1, 0.15) is 33.5 Å². The van der Waals surface area contributed by atoms with Crippen LogP contribution in [0.15, 0.2) is 48.5 Å². The van der Waals surface area contributed by atoms with Crippen LogP contribution in [0.5, 0.6) is 0 Å². The highest BCUT2D eigenvalue weighted by Gasteiger charge is 2.33. The standard InChI is InChI=1S/C19H18F3NO2/c20-19(21,22)16-7-5-14(6-8-16)17(24)23-12-18(25)10-9-13-3-1-2-4-15(13)11-18/h1-8,25H,9-12H2,(H,23,24). The molecule has 0 heterocycles. The molecular weight excluding hydrogens is 331 g/mol. The van der Waals surface area contributed by atoms with Gasteiger partial charge in [-0.05, 0) is 48.2 Å². The van der Waals surface area contributed by atoms with Crippen LogP contribution < -0.4 is 5.32 Å². The van der Waals surface area contributed by atoms with E-state index < -0.39 is 23.2 Å². The third-order valence-electron chi connectivity index (χ3n) is 4.55. The van der Waals surface area contributed by atoms with Crippen LogP contribution >= 0.6 is 0 Å². The molecule has 0 aromatic heterocycles. The summed E-state index contributed by atoms with van der Waals surface area (Å²) in [4.78, 5) is 12.1. The Bertz CT molecular complexity index is 771.